The van der Waals surface area contributed by atoms with Crippen LogP contribution in [0.3, 0.4) is 0 Å². The summed E-state index contributed by atoms with van der Waals surface area (Å²) in [5.74, 6) is -1.84. The second kappa shape index (κ2) is 7.71. The summed E-state index contributed by atoms with van der Waals surface area (Å²) in [6.45, 7) is 0.241. The number of thiophene rings is 1. The number of hydrogen-bond acceptors (Lipinski definition) is 4. The number of hydrogen-bond donors (Lipinski definition) is 4. The van der Waals surface area contributed by atoms with Gasteiger partial charge in [0.1, 0.15) is 6.04 Å². The molecule has 0 aliphatic heterocycles. The van der Waals surface area contributed by atoms with E-state index in [-0.39, 0.29) is 19.4 Å². The van der Waals surface area contributed by atoms with Gasteiger partial charge in [0, 0.05) is 11.3 Å². The first-order valence-corrected chi connectivity index (χ1v) is 6.87. The number of primary amides is 1. The number of halogens is 1. The third-order valence-electron chi connectivity index (χ3n) is 2.33. The maximum absolute atomic E-state index is 11.6. The molecule has 0 aromatic carbocycles. The SMILES string of the molecule is NC(=O)CC[C@@H](NC(=O)NCc1ccc(Cl)s1)C(=O)O. The lowest BCUT2D eigenvalue weighted by Crippen LogP contribution is -2.46. The monoisotopic (exact) mass is 319 g/mol. The van der Waals surface area contributed by atoms with E-state index in [1.165, 1.54) is 11.3 Å². The van der Waals surface area contributed by atoms with Crippen LogP contribution >= 0.6 is 22.9 Å². The van der Waals surface area contributed by atoms with Crippen LogP contribution in [0, 0.1) is 0 Å². The van der Waals surface area contributed by atoms with Crippen LogP contribution in [-0.4, -0.2) is 29.1 Å². The van der Waals surface area contributed by atoms with Gasteiger partial charge in [-0.3, -0.25) is 4.79 Å². The van der Waals surface area contributed by atoms with Crippen molar-refractivity contribution in [2.24, 2.45) is 5.73 Å². The van der Waals surface area contributed by atoms with E-state index in [1.54, 1.807) is 12.1 Å². The summed E-state index contributed by atoms with van der Waals surface area (Å²) in [6.07, 6.45) is -0.166. The second-order valence-electron chi connectivity index (χ2n) is 3.93. The van der Waals surface area contributed by atoms with E-state index in [9.17, 15) is 14.4 Å². The summed E-state index contributed by atoms with van der Waals surface area (Å²) in [7, 11) is 0. The average molecular weight is 320 g/mol. The van der Waals surface area contributed by atoms with Crippen molar-refractivity contribution in [2.75, 3.05) is 0 Å². The Morgan fingerprint density at radius 1 is 1.40 bits per heavy atom. The van der Waals surface area contributed by atoms with E-state index in [0.717, 1.165) is 4.88 Å². The largest absolute Gasteiger partial charge is 0.480 e. The Morgan fingerprint density at radius 2 is 2.10 bits per heavy atom. The molecule has 5 N–H and O–H groups in total. The lowest BCUT2D eigenvalue weighted by Gasteiger charge is -2.14. The van der Waals surface area contributed by atoms with E-state index in [2.05, 4.69) is 10.6 Å². The number of carboxylic acids is 1. The highest BCUT2D eigenvalue weighted by molar-refractivity contribution is 7.16. The fraction of sp³-hybridized carbons (Fsp3) is 0.364. The minimum absolute atomic E-state index is 0.0527. The van der Waals surface area contributed by atoms with Crippen LogP contribution in [-0.2, 0) is 16.1 Å². The molecule has 3 amide bonds. The van der Waals surface area contributed by atoms with Crippen molar-refractivity contribution in [3.05, 3.63) is 21.3 Å². The highest BCUT2D eigenvalue weighted by Crippen LogP contribution is 2.20. The first kappa shape index (κ1) is 16.3. The predicted octanol–water partition coefficient (Wildman–Crippen LogP) is 0.919. The Bertz CT molecular complexity index is 506. The van der Waals surface area contributed by atoms with Gasteiger partial charge in [-0.2, -0.15) is 0 Å². The number of carbonyl (C=O) groups excluding carboxylic acids is 2. The Kier molecular flexibility index (Phi) is 6.26. The second-order valence-corrected chi connectivity index (χ2v) is 5.73. The number of urea groups is 1. The molecule has 1 aromatic heterocycles. The first-order chi connectivity index (χ1) is 9.38. The van der Waals surface area contributed by atoms with Gasteiger partial charge in [-0.25, -0.2) is 9.59 Å². The first-order valence-electron chi connectivity index (χ1n) is 5.68. The van der Waals surface area contributed by atoms with Gasteiger partial charge in [0.25, 0.3) is 0 Å². The molecule has 0 saturated carbocycles. The minimum Gasteiger partial charge on any atom is -0.480 e. The predicted molar refractivity (Wildman–Crippen MR) is 74.6 cm³/mol. The lowest BCUT2D eigenvalue weighted by molar-refractivity contribution is -0.139. The highest BCUT2D eigenvalue weighted by Gasteiger charge is 2.20. The number of rotatable bonds is 7. The molecule has 1 aromatic rings. The summed E-state index contributed by atoms with van der Waals surface area (Å²) in [4.78, 5) is 33.9. The standard InChI is InChI=1S/C11H14ClN3O4S/c12-8-3-1-6(20-8)5-14-11(19)15-7(10(17)18)2-4-9(13)16/h1,3,7H,2,4-5H2,(H2,13,16)(H,17,18)(H2,14,15,19)/t7-/m1/s1. The van der Waals surface area contributed by atoms with Crippen LogP contribution in [0.25, 0.3) is 0 Å². The zero-order chi connectivity index (χ0) is 15.1. The van der Waals surface area contributed by atoms with Crippen LogP contribution in [0.1, 0.15) is 17.7 Å². The third-order valence-corrected chi connectivity index (χ3v) is 3.57. The molecular weight excluding hydrogens is 306 g/mol. The molecule has 1 rings (SSSR count). The van der Waals surface area contributed by atoms with Crippen molar-refractivity contribution < 1.29 is 19.5 Å². The fourth-order valence-corrected chi connectivity index (χ4v) is 2.39. The maximum atomic E-state index is 11.6. The number of carboxylic acid groups (broad SMARTS) is 1. The van der Waals surface area contributed by atoms with Gasteiger partial charge in [-0.15, -0.1) is 11.3 Å². The molecule has 0 bridgehead atoms. The quantitative estimate of drug-likeness (QED) is 0.597. The minimum atomic E-state index is -1.22. The zero-order valence-corrected chi connectivity index (χ0v) is 12.0. The van der Waals surface area contributed by atoms with E-state index in [4.69, 9.17) is 22.4 Å². The van der Waals surface area contributed by atoms with E-state index in [1.807, 2.05) is 0 Å². The zero-order valence-electron chi connectivity index (χ0n) is 10.4. The number of nitrogens with two attached hydrogens (primary N) is 1. The van der Waals surface area contributed by atoms with Crippen molar-refractivity contribution in [1.29, 1.82) is 0 Å². The molecule has 20 heavy (non-hydrogen) atoms. The Balaban J connectivity index is 2.41. The topological polar surface area (TPSA) is 122 Å². The molecule has 9 heteroatoms. The molecule has 0 aliphatic carbocycles. The molecule has 0 fully saturated rings. The van der Waals surface area contributed by atoms with Gasteiger partial charge in [-0.05, 0) is 18.6 Å². The molecule has 0 radical (unpaired) electrons. The lowest BCUT2D eigenvalue weighted by atomic mass is 10.1. The molecule has 7 nitrogen and oxygen atoms in total. The smallest absolute Gasteiger partial charge is 0.326 e. The van der Waals surface area contributed by atoms with Crippen molar-refractivity contribution in [3.63, 3.8) is 0 Å². The van der Waals surface area contributed by atoms with Crippen molar-refractivity contribution in [3.8, 4) is 0 Å². The molecule has 0 saturated heterocycles. The van der Waals surface area contributed by atoms with Crippen molar-refractivity contribution >= 4 is 40.8 Å². The van der Waals surface area contributed by atoms with Crippen LogP contribution < -0.4 is 16.4 Å². The van der Waals surface area contributed by atoms with Crippen LogP contribution in [0.5, 0.6) is 0 Å². The third kappa shape index (κ3) is 5.89. The number of amides is 3. The Morgan fingerprint density at radius 3 is 2.60 bits per heavy atom. The molecule has 0 aliphatic rings. The molecular formula is C11H14ClN3O4S. The van der Waals surface area contributed by atoms with Gasteiger partial charge in [0.2, 0.25) is 5.91 Å². The molecule has 0 spiro atoms. The van der Waals surface area contributed by atoms with Gasteiger partial charge in [-0.1, -0.05) is 11.6 Å². The summed E-state index contributed by atoms with van der Waals surface area (Å²) in [6, 6.07) is 1.67. The van der Waals surface area contributed by atoms with E-state index < -0.39 is 23.9 Å². The summed E-state index contributed by atoms with van der Waals surface area (Å²) in [5.41, 5.74) is 4.94. The average Bonchev–Trinajstić information content (AvgIpc) is 2.77. The van der Waals surface area contributed by atoms with Gasteiger partial charge in [0.05, 0.1) is 10.9 Å². The molecule has 110 valence electrons. The normalized spacial score (nSPS) is 11.7. The molecule has 1 heterocycles. The number of aliphatic carboxylic acids is 1. The van der Waals surface area contributed by atoms with Crippen molar-refractivity contribution in [2.45, 2.75) is 25.4 Å². The Labute approximate surface area is 124 Å². The summed E-state index contributed by atoms with van der Waals surface area (Å²) in [5, 5.41) is 13.7. The maximum Gasteiger partial charge on any atom is 0.326 e. The number of carbonyl (C=O) groups is 3. The molecule has 0 unspecified atom stereocenters. The fourth-order valence-electron chi connectivity index (χ4n) is 1.37. The van der Waals surface area contributed by atoms with E-state index in [0.29, 0.717) is 4.34 Å². The summed E-state index contributed by atoms with van der Waals surface area (Å²) < 4.78 is 0.604. The Hall–Kier alpha value is -1.80. The van der Waals surface area contributed by atoms with Crippen molar-refractivity contribution in [1.82, 2.24) is 10.6 Å². The van der Waals surface area contributed by atoms with Crippen LogP contribution in [0.15, 0.2) is 12.1 Å². The van der Waals surface area contributed by atoms with Crippen LogP contribution in [0.4, 0.5) is 4.79 Å². The van der Waals surface area contributed by atoms with E-state index >= 15 is 0 Å². The van der Waals surface area contributed by atoms with Crippen LogP contribution in [0.2, 0.25) is 4.34 Å². The van der Waals surface area contributed by atoms with Gasteiger partial charge < -0.3 is 21.5 Å². The number of nitrogens with one attached hydrogen (secondary N) is 2. The van der Waals surface area contributed by atoms with Gasteiger partial charge >= 0.3 is 12.0 Å². The molecule has 1 atom stereocenters. The summed E-state index contributed by atoms with van der Waals surface area (Å²) >= 11 is 7.06. The van der Waals surface area contributed by atoms with Gasteiger partial charge in [0.15, 0.2) is 0 Å². The highest BCUT2D eigenvalue weighted by atomic mass is 35.5.